The van der Waals surface area contributed by atoms with Gasteiger partial charge in [-0.05, 0) is 56.7 Å². The Morgan fingerprint density at radius 1 is 1.26 bits per heavy atom. The van der Waals surface area contributed by atoms with Gasteiger partial charge in [-0.25, -0.2) is 4.79 Å². The highest BCUT2D eigenvalue weighted by molar-refractivity contribution is 5.75. The highest BCUT2D eigenvalue weighted by Gasteiger charge is 2.33. The van der Waals surface area contributed by atoms with E-state index in [0.717, 1.165) is 37.9 Å². The molecule has 0 bridgehead atoms. The maximum Gasteiger partial charge on any atom is 0.317 e. The summed E-state index contributed by atoms with van der Waals surface area (Å²) in [5, 5.41) is 2.95. The summed E-state index contributed by atoms with van der Waals surface area (Å²) in [5.74, 6) is 0.370. The lowest BCUT2D eigenvalue weighted by molar-refractivity contribution is 0.195. The highest BCUT2D eigenvalue weighted by atomic mass is 16.2. The van der Waals surface area contributed by atoms with E-state index in [4.69, 9.17) is 0 Å². The molecular weight excluding hydrogens is 338 g/mol. The molecule has 1 aromatic carbocycles. The van der Waals surface area contributed by atoms with E-state index in [2.05, 4.69) is 48.4 Å². The average Bonchev–Trinajstić information content (AvgIpc) is 3.26. The van der Waals surface area contributed by atoms with Gasteiger partial charge >= 0.3 is 6.03 Å². The van der Waals surface area contributed by atoms with E-state index in [0.29, 0.717) is 11.5 Å². The number of likely N-dealkylation sites (tertiary alicyclic amines) is 1. The molecule has 0 radical (unpaired) electrons. The molecule has 1 aliphatic heterocycles. The van der Waals surface area contributed by atoms with Crippen LogP contribution in [-0.4, -0.2) is 28.5 Å². The number of carbonyl (C=O) groups excluding carboxylic acids is 1. The number of nitrogens with one attached hydrogen (secondary N) is 2. The van der Waals surface area contributed by atoms with Crippen LogP contribution in [0.5, 0.6) is 0 Å². The van der Waals surface area contributed by atoms with E-state index in [-0.39, 0.29) is 24.2 Å². The molecule has 4 rings (SSSR count). The molecule has 27 heavy (non-hydrogen) atoms. The quantitative estimate of drug-likeness (QED) is 0.877. The summed E-state index contributed by atoms with van der Waals surface area (Å²) in [6, 6.07) is 10.7. The predicted molar refractivity (Wildman–Crippen MR) is 106 cm³/mol. The third-order valence-electron chi connectivity index (χ3n) is 5.98. The number of benzene rings is 1. The van der Waals surface area contributed by atoms with Crippen molar-refractivity contribution in [3.05, 3.63) is 68.6 Å². The molecule has 2 atom stereocenters. The number of aromatic nitrogens is 1. The Balaban J connectivity index is 1.40. The van der Waals surface area contributed by atoms with Crippen molar-refractivity contribution in [2.45, 2.75) is 58.0 Å². The molecule has 1 fully saturated rings. The number of aryl methyl sites for hydroxylation is 3. The van der Waals surface area contributed by atoms with E-state index in [9.17, 15) is 9.59 Å². The van der Waals surface area contributed by atoms with Crippen molar-refractivity contribution in [3.8, 4) is 0 Å². The molecule has 2 N–H and O–H groups in total. The fourth-order valence-electron chi connectivity index (χ4n) is 4.36. The van der Waals surface area contributed by atoms with Gasteiger partial charge in [-0.2, -0.15) is 0 Å². The van der Waals surface area contributed by atoms with Gasteiger partial charge in [0.2, 0.25) is 0 Å². The standard InChI is InChI=1S/C22H27N3O2/c1-14-6-8-16(9-7-14)19-10-15(2)25(13-19)22(27)23-12-18-11-17-4-3-5-20(17)24-21(18)26/h6-9,11,15,19H,3-5,10,12-13H2,1-2H3,(H,23,27)(H,24,26). The number of hydrogen-bond acceptors (Lipinski definition) is 2. The SMILES string of the molecule is Cc1ccc(C2CC(C)N(C(=O)NCc3cc4c([nH]c3=O)CCC4)C2)cc1. The number of H-pyrrole nitrogens is 1. The van der Waals surface area contributed by atoms with Gasteiger partial charge in [-0.3, -0.25) is 4.79 Å². The van der Waals surface area contributed by atoms with Crippen LogP contribution in [0.3, 0.4) is 0 Å². The van der Waals surface area contributed by atoms with Gasteiger partial charge in [0.05, 0.1) is 0 Å². The van der Waals surface area contributed by atoms with Gasteiger partial charge in [-0.15, -0.1) is 0 Å². The highest BCUT2D eigenvalue weighted by Crippen LogP contribution is 2.31. The number of rotatable bonds is 3. The number of aromatic amines is 1. The van der Waals surface area contributed by atoms with E-state index < -0.39 is 0 Å². The van der Waals surface area contributed by atoms with Crippen molar-refractivity contribution < 1.29 is 4.79 Å². The minimum atomic E-state index is -0.0861. The summed E-state index contributed by atoms with van der Waals surface area (Å²) in [6.45, 7) is 5.17. The molecule has 1 aromatic heterocycles. The Morgan fingerprint density at radius 3 is 2.81 bits per heavy atom. The maximum atomic E-state index is 12.7. The minimum Gasteiger partial charge on any atom is -0.334 e. The molecule has 5 nitrogen and oxygen atoms in total. The summed E-state index contributed by atoms with van der Waals surface area (Å²) in [7, 11) is 0. The van der Waals surface area contributed by atoms with E-state index >= 15 is 0 Å². The molecule has 5 heteroatoms. The van der Waals surface area contributed by atoms with Crippen LogP contribution in [0.2, 0.25) is 0 Å². The average molecular weight is 365 g/mol. The predicted octanol–water partition coefficient (Wildman–Crippen LogP) is 3.26. The van der Waals surface area contributed by atoms with Crippen LogP contribution in [0.15, 0.2) is 35.1 Å². The Kier molecular flexibility index (Phi) is 4.77. The fraction of sp³-hybridized carbons (Fsp3) is 0.455. The molecule has 2 aliphatic rings. The van der Waals surface area contributed by atoms with Crippen LogP contribution >= 0.6 is 0 Å². The number of pyridine rings is 1. The summed E-state index contributed by atoms with van der Waals surface area (Å²) < 4.78 is 0. The van der Waals surface area contributed by atoms with Crippen LogP contribution in [-0.2, 0) is 19.4 Å². The first kappa shape index (κ1) is 17.8. The number of carbonyl (C=O) groups is 1. The molecular formula is C22H27N3O2. The Labute approximate surface area is 159 Å². The minimum absolute atomic E-state index is 0.0806. The molecule has 0 spiro atoms. The number of amides is 2. The molecule has 1 saturated heterocycles. The Hall–Kier alpha value is -2.56. The Bertz CT molecular complexity index is 901. The molecule has 2 heterocycles. The van der Waals surface area contributed by atoms with E-state index in [1.165, 1.54) is 16.7 Å². The first-order chi connectivity index (χ1) is 13.0. The number of hydrogen-bond donors (Lipinski definition) is 2. The van der Waals surface area contributed by atoms with Gasteiger partial charge in [-0.1, -0.05) is 29.8 Å². The smallest absolute Gasteiger partial charge is 0.317 e. The first-order valence-electron chi connectivity index (χ1n) is 9.86. The lowest BCUT2D eigenvalue weighted by atomic mass is 9.96. The topological polar surface area (TPSA) is 65.2 Å². The monoisotopic (exact) mass is 365 g/mol. The van der Waals surface area contributed by atoms with Crippen molar-refractivity contribution in [2.75, 3.05) is 6.54 Å². The van der Waals surface area contributed by atoms with Crippen LogP contribution in [0, 0.1) is 6.92 Å². The maximum absolute atomic E-state index is 12.7. The molecule has 2 unspecified atom stereocenters. The van der Waals surface area contributed by atoms with Crippen molar-refractivity contribution >= 4 is 6.03 Å². The van der Waals surface area contributed by atoms with Crippen LogP contribution in [0.4, 0.5) is 4.79 Å². The number of urea groups is 1. The summed E-state index contributed by atoms with van der Waals surface area (Å²) >= 11 is 0. The largest absolute Gasteiger partial charge is 0.334 e. The second-order valence-electron chi connectivity index (χ2n) is 7.98. The third-order valence-corrected chi connectivity index (χ3v) is 5.98. The second kappa shape index (κ2) is 7.22. The van der Waals surface area contributed by atoms with Crippen molar-refractivity contribution in [1.29, 1.82) is 0 Å². The summed E-state index contributed by atoms with van der Waals surface area (Å²) in [5.41, 5.74) is 5.38. The van der Waals surface area contributed by atoms with Crippen molar-refractivity contribution in [1.82, 2.24) is 15.2 Å². The molecule has 2 amide bonds. The van der Waals surface area contributed by atoms with E-state index in [1.807, 2.05) is 11.0 Å². The van der Waals surface area contributed by atoms with Gasteiger partial charge in [0.15, 0.2) is 0 Å². The van der Waals surface area contributed by atoms with Crippen molar-refractivity contribution in [3.63, 3.8) is 0 Å². The van der Waals surface area contributed by atoms with Gasteiger partial charge < -0.3 is 15.2 Å². The number of fused-ring (bicyclic) bond motifs is 1. The lowest BCUT2D eigenvalue weighted by Crippen LogP contribution is -2.42. The third kappa shape index (κ3) is 3.64. The molecule has 0 saturated carbocycles. The zero-order valence-corrected chi connectivity index (χ0v) is 16.0. The lowest BCUT2D eigenvalue weighted by Gasteiger charge is -2.22. The summed E-state index contributed by atoms with van der Waals surface area (Å²) in [4.78, 5) is 29.8. The summed E-state index contributed by atoms with van der Waals surface area (Å²) in [6.07, 6.45) is 4.01. The molecule has 2 aromatic rings. The van der Waals surface area contributed by atoms with Crippen LogP contribution < -0.4 is 10.9 Å². The molecule has 142 valence electrons. The van der Waals surface area contributed by atoms with Crippen LogP contribution in [0.25, 0.3) is 0 Å². The zero-order valence-electron chi connectivity index (χ0n) is 16.0. The number of nitrogens with zero attached hydrogens (tertiary/aromatic N) is 1. The fourth-order valence-corrected chi connectivity index (χ4v) is 4.36. The van der Waals surface area contributed by atoms with Crippen LogP contribution in [0.1, 0.15) is 53.6 Å². The Morgan fingerprint density at radius 2 is 2.04 bits per heavy atom. The molecule has 1 aliphatic carbocycles. The van der Waals surface area contributed by atoms with E-state index in [1.54, 1.807) is 0 Å². The van der Waals surface area contributed by atoms with Gasteiger partial charge in [0.1, 0.15) is 0 Å². The van der Waals surface area contributed by atoms with Crippen molar-refractivity contribution in [2.24, 2.45) is 0 Å². The normalized spacial score (nSPS) is 21.3. The van der Waals surface area contributed by atoms with Gasteiger partial charge in [0, 0.05) is 36.3 Å². The van der Waals surface area contributed by atoms with Gasteiger partial charge in [0.25, 0.3) is 5.56 Å². The zero-order chi connectivity index (χ0) is 19.0. The first-order valence-corrected chi connectivity index (χ1v) is 9.86. The second-order valence-corrected chi connectivity index (χ2v) is 7.98.